The molecule has 0 aromatic heterocycles. The maximum absolute atomic E-state index is 13.4. The Morgan fingerprint density at radius 1 is 0.741 bits per heavy atom. The molecule has 0 saturated heterocycles. The van der Waals surface area contributed by atoms with Crippen molar-refractivity contribution in [1.82, 2.24) is 31.9 Å². The molecule has 15 N–H and O–H groups in total. The minimum absolute atomic E-state index is 0.0498. The van der Waals surface area contributed by atoms with E-state index in [1.807, 2.05) is 24.3 Å². The van der Waals surface area contributed by atoms with Gasteiger partial charge in [-0.05, 0) is 81.3 Å². The Labute approximate surface area is 338 Å². The zero-order chi connectivity index (χ0) is 43.4. The fourth-order valence-corrected chi connectivity index (χ4v) is 5.52. The van der Waals surface area contributed by atoms with Crippen LogP contribution in [-0.2, 0) is 35.2 Å². The number of benzene rings is 2. The second-order valence-corrected chi connectivity index (χ2v) is 13.9. The fraction of sp³-hybridized carbons (Fsp3) is 0.500. The van der Waals surface area contributed by atoms with E-state index < -0.39 is 91.2 Å². The number of primary amides is 1. The highest BCUT2D eigenvalue weighted by molar-refractivity contribution is 6.43. The second kappa shape index (κ2) is 25.1. The molecule has 2 aromatic rings. The SMILES string of the molecule is CCCCc1ccc(-c2ccc(C(=O)NCCC(=O)N[C@@H](CCCCN)C(=O)N[C@H](C(=O)N[C@@H](N)C(=O)N[C@@H](CC(N)=O)C(=O)N[C@@H](C)B(O)O)C(C)O)cc2)cc1. The molecule has 58 heavy (non-hydrogen) atoms. The zero-order valence-electron chi connectivity index (χ0n) is 33.2. The summed E-state index contributed by atoms with van der Waals surface area (Å²) < 4.78 is 0. The number of aliphatic hydroxyl groups excluding tert-OH is 1. The van der Waals surface area contributed by atoms with E-state index in [0.29, 0.717) is 24.9 Å². The molecule has 20 heteroatoms. The van der Waals surface area contributed by atoms with Crippen LogP contribution in [0.5, 0.6) is 0 Å². The monoisotopic (exact) mass is 811 g/mol. The smallest absolute Gasteiger partial charge is 0.426 e. The predicted molar refractivity (Wildman–Crippen MR) is 216 cm³/mol. The van der Waals surface area contributed by atoms with Crippen molar-refractivity contribution in [2.75, 3.05) is 13.1 Å². The lowest BCUT2D eigenvalue weighted by atomic mass is 9.81. The standard InChI is InChI=1S/C38H58BN9O10/c1-4-5-8-24-10-12-25(13-11-24)26-14-16-27(17-15-26)34(52)43-20-18-31(51)45-28(9-6-7-19-40)35(53)47-32(22(2)49)37(55)48-33(42)38(56)46-29(21-30(41)50)36(54)44-23(3)39(57)58/h10-17,22-23,28-29,32-33,49,57-58H,4-9,18-21,40,42H2,1-3H3,(H2,41,50)(H,43,52)(H,44,54)(H,45,51)(H,46,56)(H,47,53)(H,48,55)/t22?,23-,28-,29-,32-,33+/m0/s1. The van der Waals surface area contributed by atoms with Crippen molar-refractivity contribution in [2.45, 2.75) is 108 Å². The third-order valence-electron chi connectivity index (χ3n) is 8.99. The molecule has 2 aromatic carbocycles. The highest BCUT2D eigenvalue weighted by atomic mass is 16.4. The molecule has 1 unspecified atom stereocenters. The van der Waals surface area contributed by atoms with Gasteiger partial charge < -0.3 is 64.3 Å². The average Bonchev–Trinajstić information content (AvgIpc) is 3.18. The number of carbonyl (C=O) groups excluding carboxylic acids is 7. The number of hydrogen-bond donors (Lipinski definition) is 12. The fourth-order valence-electron chi connectivity index (χ4n) is 5.52. The van der Waals surface area contributed by atoms with Crippen molar-refractivity contribution in [1.29, 1.82) is 0 Å². The normalized spacial score (nSPS) is 14.0. The number of carbonyl (C=O) groups is 7. The number of nitrogens with one attached hydrogen (secondary N) is 6. The highest BCUT2D eigenvalue weighted by Gasteiger charge is 2.33. The molecule has 2 rings (SSSR count). The summed E-state index contributed by atoms with van der Waals surface area (Å²) in [6, 6.07) is 10.9. The molecule has 0 heterocycles. The van der Waals surface area contributed by atoms with E-state index in [1.54, 1.807) is 12.1 Å². The summed E-state index contributed by atoms with van der Waals surface area (Å²) in [6.45, 7) is 4.84. The Kier molecular flexibility index (Phi) is 21.1. The summed E-state index contributed by atoms with van der Waals surface area (Å²) >= 11 is 0. The second-order valence-electron chi connectivity index (χ2n) is 13.9. The maximum atomic E-state index is 13.4. The first-order valence-electron chi connectivity index (χ1n) is 19.2. The van der Waals surface area contributed by atoms with Crippen LogP contribution >= 0.6 is 0 Å². The van der Waals surface area contributed by atoms with Gasteiger partial charge in [0.1, 0.15) is 18.1 Å². The Morgan fingerprint density at radius 3 is 1.90 bits per heavy atom. The van der Waals surface area contributed by atoms with Gasteiger partial charge in [0, 0.05) is 18.5 Å². The molecule has 0 saturated carbocycles. The van der Waals surface area contributed by atoms with Gasteiger partial charge in [0.2, 0.25) is 29.5 Å². The molecule has 19 nitrogen and oxygen atoms in total. The van der Waals surface area contributed by atoms with Crippen LogP contribution in [0.4, 0.5) is 0 Å². The van der Waals surface area contributed by atoms with Crippen molar-refractivity contribution < 1.29 is 48.7 Å². The lowest BCUT2D eigenvalue weighted by Crippen LogP contribution is -2.63. The van der Waals surface area contributed by atoms with E-state index >= 15 is 0 Å². The molecule has 318 valence electrons. The van der Waals surface area contributed by atoms with Gasteiger partial charge in [0.25, 0.3) is 11.8 Å². The summed E-state index contributed by atoms with van der Waals surface area (Å²) in [6.07, 6.45) is 0.0224. The van der Waals surface area contributed by atoms with Crippen molar-refractivity contribution >= 4 is 48.5 Å². The summed E-state index contributed by atoms with van der Waals surface area (Å²) in [4.78, 5) is 89.0. The van der Waals surface area contributed by atoms with E-state index in [4.69, 9.17) is 17.2 Å². The van der Waals surface area contributed by atoms with Crippen LogP contribution in [-0.4, -0.2) is 113 Å². The third-order valence-corrected chi connectivity index (χ3v) is 8.99. The number of aliphatic hydroxyl groups is 1. The average molecular weight is 812 g/mol. The van der Waals surface area contributed by atoms with Crippen LogP contribution < -0.4 is 49.1 Å². The third kappa shape index (κ3) is 17.0. The van der Waals surface area contributed by atoms with Crippen LogP contribution in [0.2, 0.25) is 0 Å². The topological polar surface area (TPSA) is 330 Å². The minimum Gasteiger partial charge on any atom is -0.426 e. The minimum atomic E-state index is -1.96. The van der Waals surface area contributed by atoms with E-state index in [0.717, 1.165) is 30.4 Å². The molecular weight excluding hydrogens is 753 g/mol. The predicted octanol–water partition coefficient (Wildman–Crippen LogP) is -2.43. The summed E-state index contributed by atoms with van der Waals surface area (Å²) in [7, 11) is -1.96. The number of amides is 7. The van der Waals surface area contributed by atoms with Gasteiger partial charge in [-0.2, -0.15) is 0 Å². The molecule has 0 aliphatic rings. The number of nitrogens with two attached hydrogens (primary N) is 3. The van der Waals surface area contributed by atoms with Gasteiger partial charge in [0.15, 0.2) is 6.17 Å². The van der Waals surface area contributed by atoms with Crippen LogP contribution in [0.25, 0.3) is 11.1 Å². The first kappa shape index (κ1) is 48.7. The van der Waals surface area contributed by atoms with Crippen LogP contribution in [0.3, 0.4) is 0 Å². The number of hydrogen-bond acceptors (Lipinski definition) is 12. The highest BCUT2D eigenvalue weighted by Crippen LogP contribution is 2.21. The molecule has 0 bridgehead atoms. The largest absolute Gasteiger partial charge is 0.475 e. The van der Waals surface area contributed by atoms with Gasteiger partial charge in [-0.25, -0.2) is 0 Å². The molecule has 0 fully saturated rings. The van der Waals surface area contributed by atoms with Gasteiger partial charge >= 0.3 is 7.12 Å². The van der Waals surface area contributed by atoms with Gasteiger partial charge in [-0.1, -0.05) is 49.7 Å². The molecular formula is C38H58BN9O10. The lowest BCUT2D eigenvalue weighted by molar-refractivity contribution is -0.136. The first-order valence-corrected chi connectivity index (χ1v) is 19.2. The van der Waals surface area contributed by atoms with Gasteiger partial charge in [-0.15, -0.1) is 0 Å². The van der Waals surface area contributed by atoms with E-state index in [2.05, 4.69) is 51.0 Å². The Morgan fingerprint density at radius 2 is 1.34 bits per heavy atom. The number of unbranched alkanes of at least 4 members (excludes halogenated alkanes) is 2. The van der Waals surface area contributed by atoms with Crippen molar-refractivity contribution in [3.8, 4) is 11.1 Å². The van der Waals surface area contributed by atoms with Crippen LogP contribution in [0.1, 0.15) is 81.6 Å². The van der Waals surface area contributed by atoms with Gasteiger partial charge in [0.05, 0.1) is 18.5 Å². The van der Waals surface area contributed by atoms with Crippen molar-refractivity contribution in [3.63, 3.8) is 0 Å². The molecule has 6 atom stereocenters. The molecule has 0 aliphatic heterocycles. The maximum Gasteiger partial charge on any atom is 0.475 e. The molecule has 0 aliphatic carbocycles. The Bertz CT molecular complexity index is 1680. The summed E-state index contributed by atoms with van der Waals surface area (Å²) in [5.74, 6) is -7.29. The molecule has 0 radical (unpaired) electrons. The van der Waals surface area contributed by atoms with Crippen molar-refractivity contribution in [3.05, 3.63) is 59.7 Å². The number of aryl methyl sites for hydroxylation is 1. The number of rotatable bonds is 25. The Hall–Kier alpha value is -5.41. The molecule has 7 amide bonds. The Balaban J connectivity index is 1.99. The van der Waals surface area contributed by atoms with Crippen molar-refractivity contribution in [2.24, 2.45) is 17.2 Å². The quantitative estimate of drug-likeness (QED) is 0.0283. The summed E-state index contributed by atoms with van der Waals surface area (Å²) in [5, 5.41) is 42.9. The van der Waals surface area contributed by atoms with Gasteiger partial charge in [-0.3, -0.25) is 33.6 Å². The zero-order valence-corrected chi connectivity index (χ0v) is 33.2. The van der Waals surface area contributed by atoms with Crippen LogP contribution in [0.15, 0.2) is 48.5 Å². The van der Waals surface area contributed by atoms with E-state index in [-0.39, 0.29) is 19.4 Å². The van der Waals surface area contributed by atoms with Crippen LogP contribution in [0, 0.1) is 0 Å². The van der Waals surface area contributed by atoms with E-state index in [1.165, 1.54) is 19.4 Å². The lowest BCUT2D eigenvalue weighted by Gasteiger charge is -2.26. The first-order chi connectivity index (χ1) is 27.5. The van der Waals surface area contributed by atoms with E-state index in [9.17, 15) is 48.7 Å². The molecule has 0 spiro atoms. The summed E-state index contributed by atoms with van der Waals surface area (Å²) in [5.41, 5.74) is 20.2.